The fraction of sp³-hybridized carbons (Fsp3) is 0.636. The molecule has 0 radical (unpaired) electrons. The van der Waals surface area contributed by atoms with Crippen LogP contribution in [0.25, 0.3) is 0 Å². The van der Waals surface area contributed by atoms with E-state index in [0.29, 0.717) is 11.6 Å². The van der Waals surface area contributed by atoms with Crippen LogP contribution in [0.2, 0.25) is 10.3 Å². The Hall–Kier alpha value is -0.420. The Kier molecular flexibility index (Phi) is 3.88. The van der Waals surface area contributed by atoms with Gasteiger partial charge in [-0.25, -0.2) is 9.97 Å². The van der Waals surface area contributed by atoms with Crippen LogP contribution in [0.4, 0.5) is 0 Å². The number of halogens is 2. The van der Waals surface area contributed by atoms with Gasteiger partial charge in [0.1, 0.15) is 0 Å². The van der Waals surface area contributed by atoms with Crippen molar-refractivity contribution in [2.24, 2.45) is 5.73 Å². The number of hydrogen-bond acceptors (Lipinski definition) is 4. The van der Waals surface area contributed by atoms with Crippen LogP contribution in [-0.2, 0) is 6.54 Å². The summed E-state index contributed by atoms with van der Waals surface area (Å²) in [5, 5.41) is 0.806. The van der Waals surface area contributed by atoms with Gasteiger partial charge in [-0.2, -0.15) is 0 Å². The van der Waals surface area contributed by atoms with Gasteiger partial charge in [0.25, 0.3) is 0 Å². The Morgan fingerprint density at radius 3 is 2.71 bits per heavy atom. The zero-order valence-electron chi connectivity index (χ0n) is 9.79. The first-order chi connectivity index (χ1) is 7.96. The molecule has 0 atom stereocenters. The fourth-order valence-corrected chi connectivity index (χ4v) is 2.22. The quantitative estimate of drug-likeness (QED) is 0.840. The predicted octanol–water partition coefficient (Wildman–Crippen LogP) is 2.10. The first-order valence-corrected chi connectivity index (χ1v) is 6.40. The van der Waals surface area contributed by atoms with E-state index in [1.165, 1.54) is 0 Å². The highest BCUT2D eigenvalue weighted by Gasteiger charge is 2.26. The minimum atomic E-state index is -0.0381. The summed E-state index contributed by atoms with van der Waals surface area (Å²) in [4.78, 5) is 10.3. The average molecular weight is 275 g/mol. The van der Waals surface area contributed by atoms with E-state index in [2.05, 4.69) is 21.8 Å². The second-order valence-electron chi connectivity index (χ2n) is 4.86. The molecule has 1 saturated heterocycles. The highest BCUT2D eigenvalue weighted by molar-refractivity contribution is 6.31. The molecule has 2 heterocycles. The van der Waals surface area contributed by atoms with Crippen molar-refractivity contribution in [3.63, 3.8) is 0 Å². The minimum absolute atomic E-state index is 0.0381. The van der Waals surface area contributed by atoms with Crippen LogP contribution < -0.4 is 5.73 Å². The Balaban J connectivity index is 2.00. The molecule has 0 aliphatic carbocycles. The maximum Gasteiger partial charge on any atom is 0.222 e. The number of piperidine rings is 1. The van der Waals surface area contributed by atoms with E-state index in [1.807, 2.05) is 0 Å². The van der Waals surface area contributed by atoms with Crippen molar-refractivity contribution >= 4 is 23.2 Å². The Bertz CT molecular complexity index is 398. The normalized spacial score (nSPS) is 20.5. The maximum absolute atomic E-state index is 6.09. The standard InChI is InChI=1S/C11H16Cl2N4/c1-11(14)2-4-17(5-3-11)7-9-8(12)6-15-10(13)16-9/h6H,2-5,7,14H2,1H3. The van der Waals surface area contributed by atoms with E-state index in [1.54, 1.807) is 6.20 Å². The van der Waals surface area contributed by atoms with Crippen LogP contribution in [0.15, 0.2) is 6.20 Å². The topological polar surface area (TPSA) is 55.0 Å². The summed E-state index contributed by atoms with van der Waals surface area (Å²) in [6, 6.07) is 0. The SMILES string of the molecule is CC1(N)CCN(Cc2nc(Cl)ncc2Cl)CC1. The molecule has 1 aromatic rings. The first kappa shape index (κ1) is 13.0. The number of hydrogen-bond donors (Lipinski definition) is 1. The molecule has 1 aliphatic rings. The molecule has 2 rings (SSSR count). The van der Waals surface area contributed by atoms with Gasteiger partial charge < -0.3 is 5.73 Å². The van der Waals surface area contributed by atoms with E-state index in [-0.39, 0.29) is 10.8 Å². The Labute approximate surface area is 111 Å². The van der Waals surface area contributed by atoms with Crippen molar-refractivity contribution in [3.8, 4) is 0 Å². The van der Waals surface area contributed by atoms with Crippen molar-refractivity contribution in [3.05, 3.63) is 22.2 Å². The highest BCUT2D eigenvalue weighted by Crippen LogP contribution is 2.22. The van der Waals surface area contributed by atoms with Gasteiger partial charge in [0.2, 0.25) is 5.28 Å². The average Bonchev–Trinajstić information content (AvgIpc) is 2.26. The molecule has 2 N–H and O–H groups in total. The molecule has 1 fully saturated rings. The lowest BCUT2D eigenvalue weighted by Crippen LogP contribution is -2.47. The molecule has 0 aromatic carbocycles. The van der Waals surface area contributed by atoms with Gasteiger partial charge >= 0.3 is 0 Å². The fourth-order valence-electron chi connectivity index (χ4n) is 1.92. The van der Waals surface area contributed by atoms with Crippen LogP contribution in [0.3, 0.4) is 0 Å². The summed E-state index contributed by atoms with van der Waals surface area (Å²) in [5.74, 6) is 0. The molecular weight excluding hydrogens is 259 g/mol. The lowest BCUT2D eigenvalue weighted by molar-refractivity contribution is 0.163. The van der Waals surface area contributed by atoms with Gasteiger partial charge in [0.05, 0.1) is 16.9 Å². The monoisotopic (exact) mass is 274 g/mol. The predicted molar refractivity (Wildman–Crippen MR) is 69.2 cm³/mol. The van der Waals surface area contributed by atoms with E-state index in [9.17, 15) is 0 Å². The van der Waals surface area contributed by atoms with Crippen molar-refractivity contribution in [1.29, 1.82) is 0 Å². The van der Waals surface area contributed by atoms with Gasteiger partial charge in [-0.3, -0.25) is 4.90 Å². The number of rotatable bonds is 2. The second kappa shape index (κ2) is 5.06. The lowest BCUT2D eigenvalue weighted by atomic mass is 9.91. The van der Waals surface area contributed by atoms with Gasteiger partial charge in [-0.05, 0) is 31.4 Å². The Morgan fingerprint density at radius 1 is 1.41 bits per heavy atom. The molecule has 17 heavy (non-hydrogen) atoms. The Morgan fingerprint density at radius 2 is 2.06 bits per heavy atom. The molecule has 94 valence electrons. The van der Waals surface area contributed by atoms with Crippen molar-refractivity contribution in [2.75, 3.05) is 13.1 Å². The summed E-state index contributed by atoms with van der Waals surface area (Å²) < 4.78 is 0. The van der Waals surface area contributed by atoms with E-state index in [0.717, 1.165) is 31.6 Å². The molecular formula is C11H16Cl2N4. The van der Waals surface area contributed by atoms with Crippen LogP contribution in [0.5, 0.6) is 0 Å². The number of nitrogens with zero attached hydrogens (tertiary/aromatic N) is 3. The van der Waals surface area contributed by atoms with Crippen molar-refractivity contribution < 1.29 is 0 Å². The van der Waals surface area contributed by atoms with E-state index < -0.39 is 0 Å². The van der Waals surface area contributed by atoms with Crippen molar-refractivity contribution in [2.45, 2.75) is 31.8 Å². The molecule has 1 aliphatic heterocycles. The van der Waals surface area contributed by atoms with Gasteiger partial charge in [0.15, 0.2) is 0 Å². The molecule has 0 bridgehead atoms. The molecule has 6 heteroatoms. The number of likely N-dealkylation sites (tertiary alicyclic amines) is 1. The summed E-state index contributed by atoms with van der Waals surface area (Å²) in [6.07, 6.45) is 3.52. The van der Waals surface area contributed by atoms with Crippen LogP contribution in [-0.4, -0.2) is 33.5 Å². The van der Waals surface area contributed by atoms with Gasteiger partial charge in [-0.1, -0.05) is 11.6 Å². The summed E-state index contributed by atoms with van der Waals surface area (Å²) in [5.41, 5.74) is 6.83. The van der Waals surface area contributed by atoms with Gasteiger partial charge in [-0.15, -0.1) is 0 Å². The highest BCUT2D eigenvalue weighted by atomic mass is 35.5. The van der Waals surface area contributed by atoms with Crippen LogP contribution in [0, 0.1) is 0 Å². The number of nitrogens with two attached hydrogens (primary N) is 1. The smallest absolute Gasteiger partial charge is 0.222 e. The zero-order chi connectivity index (χ0) is 12.5. The third-order valence-electron chi connectivity index (χ3n) is 3.16. The largest absolute Gasteiger partial charge is 0.325 e. The molecule has 0 unspecified atom stereocenters. The summed E-state index contributed by atoms with van der Waals surface area (Å²) >= 11 is 11.8. The maximum atomic E-state index is 6.09. The molecule has 0 saturated carbocycles. The van der Waals surface area contributed by atoms with Crippen LogP contribution in [0.1, 0.15) is 25.5 Å². The van der Waals surface area contributed by atoms with Crippen molar-refractivity contribution in [1.82, 2.24) is 14.9 Å². The first-order valence-electron chi connectivity index (χ1n) is 5.64. The molecule has 0 spiro atoms. The molecule has 4 nitrogen and oxygen atoms in total. The number of aromatic nitrogens is 2. The molecule has 1 aromatic heterocycles. The zero-order valence-corrected chi connectivity index (χ0v) is 11.3. The third-order valence-corrected chi connectivity index (χ3v) is 3.66. The van der Waals surface area contributed by atoms with E-state index in [4.69, 9.17) is 28.9 Å². The summed E-state index contributed by atoms with van der Waals surface area (Å²) in [6.45, 7) is 4.73. The minimum Gasteiger partial charge on any atom is -0.325 e. The second-order valence-corrected chi connectivity index (χ2v) is 5.61. The van der Waals surface area contributed by atoms with E-state index >= 15 is 0 Å². The lowest BCUT2D eigenvalue weighted by Gasteiger charge is -2.36. The third kappa shape index (κ3) is 3.52. The molecule has 0 amide bonds. The summed E-state index contributed by atoms with van der Waals surface area (Å²) in [7, 11) is 0. The van der Waals surface area contributed by atoms with Gasteiger partial charge in [0, 0.05) is 25.2 Å². The van der Waals surface area contributed by atoms with Crippen LogP contribution >= 0.6 is 23.2 Å².